The average Bonchev–Trinajstić information content (AvgIpc) is 2.71. The predicted octanol–water partition coefficient (Wildman–Crippen LogP) is 2.30. The standard InChI is InChI=1S/C10H9NOS/c12-6-9-2-1-3-10(11-9)8-4-5-13-7-8/h1-5,7,12H,6H2. The van der Waals surface area contributed by atoms with E-state index in [1.165, 1.54) is 0 Å². The summed E-state index contributed by atoms with van der Waals surface area (Å²) >= 11 is 1.65. The van der Waals surface area contributed by atoms with Gasteiger partial charge in [0.2, 0.25) is 0 Å². The highest BCUT2D eigenvalue weighted by Crippen LogP contribution is 2.19. The van der Waals surface area contributed by atoms with Crippen LogP contribution < -0.4 is 0 Å². The van der Waals surface area contributed by atoms with Crippen LogP contribution in [0.1, 0.15) is 5.69 Å². The van der Waals surface area contributed by atoms with E-state index in [9.17, 15) is 0 Å². The minimum absolute atomic E-state index is 0.00201. The van der Waals surface area contributed by atoms with E-state index in [1.807, 2.05) is 35.0 Å². The molecule has 0 bridgehead atoms. The second kappa shape index (κ2) is 3.68. The summed E-state index contributed by atoms with van der Waals surface area (Å²) in [5.41, 5.74) is 2.75. The molecule has 2 heterocycles. The number of pyridine rings is 1. The molecule has 3 heteroatoms. The van der Waals surface area contributed by atoms with Gasteiger partial charge in [0.15, 0.2) is 0 Å². The molecule has 2 rings (SSSR count). The van der Waals surface area contributed by atoms with E-state index in [-0.39, 0.29) is 6.61 Å². The zero-order valence-electron chi connectivity index (χ0n) is 6.97. The van der Waals surface area contributed by atoms with Crippen LogP contribution >= 0.6 is 11.3 Å². The van der Waals surface area contributed by atoms with Gasteiger partial charge in [-0.2, -0.15) is 11.3 Å². The molecule has 1 N–H and O–H groups in total. The fraction of sp³-hybridized carbons (Fsp3) is 0.100. The molecule has 66 valence electrons. The summed E-state index contributed by atoms with van der Waals surface area (Å²) in [4.78, 5) is 4.29. The lowest BCUT2D eigenvalue weighted by molar-refractivity contribution is 0.277. The first-order chi connectivity index (χ1) is 6.40. The fourth-order valence-corrected chi connectivity index (χ4v) is 1.79. The van der Waals surface area contributed by atoms with Crippen molar-refractivity contribution >= 4 is 11.3 Å². The van der Waals surface area contributed by atoms with Gasteiger partial charge in [-0.15, -0.1) is 0 Å². The molecule has 0 unspecified atom stereocenters. The highest BCUT2D eigenvalue weighted by molar-refractivity contribution is 7.08. The summed E-state index contributed by atoms with van der Waals surface area (Å²) in [6.07, 6.45) is 0. The van der Waals surface area contributed by atoms with Crippen LogP contribution in [0.15, 0.2) is 35.0 Å². The van der Waals surface area contributed by atoms with E-state index in [1.54, 1.807) is 11.3 Å². The summed E-state index contributed by atoms with van der Waals surface area (Å²) < 4.78 is 0. The lowest BCUT2D eigenvalue weighted by atomic mass is 10.2. The monoisotopic (exact) mass is 191 g/mol. The molecule has 13 heavy (non-hydrogen) atoms. The highest BCUT2D eigenvalue weighted by atomic mass is 32.1. The van der Waals surface area contributed by atoms with Crippen molar-refractivity contribution in [2.45, 2.75) is 6.61 Å². The number of aliphatic hydroxyl groups is 1. The van der Waals surface area contributed by atoms with Gasteiger partial charge >= 0.3 is 0 Å². The molecule has 0 fully saturated rings. The molecular weight excluding hydrogens is 182 g/mol. The maximum Gasteiger partial charge on any atom is 0.0853 e. The Balaban J connectivity index is 2.41. The molecule has 0 spiro atoms. The summed E-state index contributed by atoms with van der Waals surface area (Å²) in [7, 11) is 0. The molecule has 2 aromatic rings. The molecular formula is C10H9NOS. The number of nitrogens with zero attached hydrogens (tertiary/aromatic N) is 1. The summed E-state index contributed by atoms with van der Waals surface area (Å²) in [6.45, 7) is -0.00201. The minimum atomic E-state index is -0.00201. The molecule has 0 aromatic carbocycles. The van der Waals surface area contributed by atoms with Crippen LogP contribution in [0.25, 0.3) is 11.3 Å². The van der Waals surface area contributed by atoms with E-state index in [4.69, 9.17) is 5.11 Å². The van der Waals surface area contributed by atoms with Crippen LogP contribution in [0.5, 0.6) is 0 Å². The van der Waals surface area contributed by atoms with Crippen LogP contribution in [0.2, 0.25) is 0 Å². The maximum atomic E-state index is 8.90. The van der Waals surface area contributed by atoms with Crippen molar-refractivity contribution in [2.75, 3.05) is 0 Å². The number of aromatic nitrogens is 1. The maximum absolute atomic E-state index is 8.90. The second-order valence-corrected chi connectivity index (χ2v) is 3.46. The van der Waals surface area contributed by atoms with Gasteiger partial charge in [0.05, 0.1) is 18.0 Å². The largest absolute Gasteiger partial charge is 0.390 e. The Morgan fingerprint density at radius 3 is 2.92 bits per heavy atom. The number of rotatable bonds is 2. The van der Waals surface area contributed by atoms with Gasteiger partial charge in [0.25, 0.3) is 0 Å². The molecule has 0 radical (unpaired) electrons. The molecule has 0 saturated carbocycles. The Morgan fingerprint density at radius 2 is 2.23 bits per heavy atom. The van der Waals surface area contributed by atoms with Gasteiger partial charge in [0.1, 0.15) is 0 Å². The number of aliphatic hydroxyl groups excluding tert-OH is 1. The number of hydrogen-bond donors (Lipinski definition) is 1. The van der Waals surface area contributed by atoms with Gasteiger partial charge < -0.3 is 5.11 Å². The third kappa shape index (κ3) is 1.76. The van der Waals surface area contributed by atoms with E-state index < -0.39 is 0 Å². The Hall–Kier alpha value is -1.19. The Morgan fingerprint density at radius 1 is 1.31 bits per heavy atom. The van der Waals surface area contributed by atoms with Crippen LogP contribution in [0.4, 0.5) is 0 Å². The predicted molar refractivity (Wildman–Crippen MR) is 53.5 cm³/mol. The van der Waals surface area contributed by atoms with Crippen molar-refractivity contribution in [3.05, 3.63) is 40.7 Å². The van der Waals surface area contributed by atoms with Gasteiger partial charge in [-0.25, -0.2) is 0 Å². The summed E-state index contributed by atoms with van der Waals surface area (Å²) in [6, 6.07) is 7.69. The molecule has 0 aliphatic carbocycles. The van der Waals surface area contributed by atoms with Crippen LogP contribution in [0.3, 0.4) is 0 Å². The zero-order valence-corrected chi connectivity index (χ0v) is 7.79. The SMILES string of the molecule is OCc1cccc(-c2ccsc2)n1. The van der Waals surface area contributed by atoms with E-state index >= 15 is 0 Å². The van der Waals surface area contributed by atoms with E-state index in [0.29, 0.717) is 5.69 Å². The van der Waals surface area contributed by atoms with Crippen molar-refractivity contribution < 1.29 is 5.11 Å². The smallest absolute Gasteiger partial charge is 0.0853 e. The third-order valence-corrected chi connectivity index (χ3v) is 2.47. The minimum Gasteiger partial charge on any atom is -0.390 e. The van der Waals surface area contributed by atoms with Crippen molar-refractivity contribution in [3.8, 4) is 11.3 Å². The Kier molecular flexibility index (Phi) is 2.38. The molecule has 0 saturated heterocycles. The first kappa shape index (κ1) is 8.41. The molecule has 0 aliphatic rings. The number of hydrogen-bond acceptors (Lipinski definition) is 3. The quantitative estimate of drug-likeness (QED) is 0.790. The van der Waals surface area contributed by atoms with E-state index in [0.717, 1.165) is 11.3 Å². The summed E-state index contributed by atoms with van der Waals surface area (Å²) in [5.74, 6) is 0. The van der Waals surface area contributed by atoms with Crippen molar-refractivity contribution in [3.63, 3.8) is 0 Å². The lowest BCUT2D eigenvalue weighted by Crippen LogP contribution is -1.89. The zero-order chi connectivity index (χ0) is 9.10. The van der Waals surface area contributed by atoms with Gasteiger partial charge in [-0.1, -0.05) is 6.07 Å². The van der Waals surface area contributed by atoms with Gasteiger partial charge in [0, 0.05) is 10.9 Å². The van der Waals surface area contributed by atoms with Crippen LogP contribution in [0, 0.1) is 0 Å². The van der Waals surface area contributed by atoms with Crippen LogP contribution in [-0.2, 0) is 6.61 Å². The fourth-order valence-electron chi connectivity index (χ4n) is 1.14. The molecule has 2 nitrogen and oxygen atoms in total. The lowest BCUT2D eigenvalue weighted by Gasteiger charge is -1.99. The van der Waals surface area contributed by atoms with Crippen LogP contribution in [-0.4, -0.2) is 10.1 Å². The van der Waals surface area contributed by atoms with Crippen molar-refractivity contribution in [1.82, 2.24) is 4.98 Å². The van der Waals surface area contributed by atoms with Crippen molar-refractivity contribution in [2.24, 2.45) is 0 Å². The number of thiophene rings is 1. The molecule has 0 amide bonds. The van der Waals surface area contributed by atoms with Crippen molar-refractivity contribution in [1.29, 1.82) is 0 Å². The first-order valence-corrected chi connectivity index (χ1v) is 4.94. The highest BCUT2D eigenvalue weighted by Gasteiger charge is 1.99. The normalized spacial score (nSPS) is 10.2. The van der Waals surface area contributed by atoms with Gasteiger partial charge in [-0.3, -0.25) is 4.98 Å². The summed E-state index contributed by atoms with van der Waals surface area (Å²) in [5, 5.41) is 13.0. The second-order valence-electron chi connectivity index (χ2n) is 2.68. The molecule has 2 aromatic heterocycles. The first-order valence-electron chi connectivity index (χ1n) is 3.99. The Bertz CT molecular complexity index is 384. The topological polar surface area (TPSA) is 33.1 Å². The molecule has 0 aliphatic heterocycles. The Labute approximate surface area is 80.5 Å². The average molecular weight is 191 g/mol. The van der Waals surface area contributed by atoms with E-state index in [2.05, 4.69) is 4.98 Å². The molecule has 0 atom stereocenters. The third-order valence-electron chi connectivity index (χ3n) is 1.79. The van der Waals surface area contributed by atoms with Gasteiger partial charge in [-0.05, 0) is 23.6 Å².